The molecule has 1 fully saturated rings. The lowest BCUT2D eigenvalue weighted by Crippen LogP contribution is -2.34. The highest BCUT2D eigenvalue weighted by atomic mass is 32.2. The predicted octanol–water partition coefficient (Wildman–Crippen LogP) is 3.76. The van der Waals surface area contributed by atoms with E-state index in [1.165, 1.54) is 22.8 Å². The molecule has 3 nitrogen and oxygen atoms in total. The van der Waals surface area contributed by atoms with Crippen LogP contribution in [0.2, 0.25) is 0 Å². The van der Waals surface area contributed by atoms with Gasteiger partial charge in [0, 0.05) is 34.7 Å². The fourth-order valence-electron chi connectivity index (χ4n) is 2.40. The van der Waals surface area contributed by atoms with Crippen LogP contribution in [0.25, 0.3) is 0 Å². The molecule has 0 aromatic carbocycles. The maximum Gasteiger partial charge on any atom is 0.138 e. The Morgan fingerprint density at radius 3 is 2.90 bits per heavy atom. The Kier molecular flexibility index (Phi) is 7.20. The summed E-state index contributed by atoms with van der Waals surface area (Å²) in [7, 11) is 0. The van der Waals surface area contributed by atoms with Gasteiger partial charge < -0.3 is 10.1 Å². The SMILES string of the molecule is CCCNC(c1cncc(OC(C)C)c1)C1CSCCS1. The van der Waals surface area contributed by atoms with Crippen LogP contribution in [0.15, 0.2) is 18.5 Å². The molecular weight excluding hydrogens is 300 g/mol. The Labute approximate surface area is 137 Å². The number of thioether (sulfide) groups is 2. The summed E-state index contributed by atoms with van der Waals surface area (Å²) in [5, 5.41) is 4.32. The number of pyridine rings is 1. The summed E-state index contributed by atoms with van der Waals surface area (Å²) < 4.78 is 5.79. The lowest BCUT2D eigenvalue weighted by molar-refractivity contribution is 0.241. The molecule has 2 atom stereocenters. The predicted molar refractivity (Wildman–Crippen MR) is 94.6 cm³/mol. The van der Waals surface area contributed by atoms with Gasteiger partial charge in [-0.2, -0.15) is 23.5 Å². The van der Waals surface area contributed by atoms with Gasteiger partial charge in [-0.25, -0.2) is 0 Å². The molecule has 1 saturated heterocycles. The van der Waals surface area contributed by atoms with E-state index < -0.39 is 0 Å². The number of nitrogens with one attached hydrogen (secondary N) is 1. The van der Waals surface area contributed by atoms with Gasteiger partial charge in [-0.3, -0.25) is 4.98 Å². The number of nitrogens with zero attached hydrogens (tertiary/aromatic N) is 1. The van der Waals surface area contributed by atoms with E-state index >= 15 is 0 Å². The maximum atomic E-state index is 5.79. The highest BCUT2D eigenvalue weighted by Crippen LogP contribution is 2.34. The number of aromatic nitrogens is 1. The molecule has 1 N–H and O–H groups in total. The van der Waals surface area contributed by atoms with Gasteiger partial charge in [-0.05, 0) is 38.4 Å². The summed E-state index contributed by atoms with van der Waals surface area (Å²) in [5.41, 5.74) is 1.25. The van der Waals surface area contributed by atoms with Crippen LogP contribution < -0.4 is 10.1 Å². The van der Waals surface area contributed by atoms with Gasteiger partial charge in [0.15, 0.2) is 0 Å². The topological polar surface area (TPSA) is 34.2 Å². The standard InChI is InChI=1S/C16H26N2OS2/c1-4-5-18-16(15-11-20-6-7-21-15)13-8-14(10-17-9-13)19-12(2)3/h8-10,12,15-16,18H,4-7,11H2,1-3H3. The van der Waals surface area contributed by atoms with Crippen molar-refractivity contribution in [1.29, 1.82) is 0 Å². The molecular formula is C16H26N2OS2. The van der Waals surface area contributed by atoms with E-state index in [0.717, 1.165) is 18.7 Å². The van der Waals surface area contributed by atoms with E-state index in [2.05, 4.69) is 46.8 Å². The minimum absolute atomic E-state index is 0.184. The molecule has 2 unspecified atom stereocenters. The second kappa shape index (κ2) is 8.91. The summed E-state index contributed by atoms with van der Waals surface area (Å²) in [5.74, 6) is 4.60. The molecule has 1 aromatic rings. The van der Waals surface area contributed by atoms with Gasteiger partial charge in [0.1, 0.15) is 5.75 Å². The van der Waals surface area contributed by atoms with Crippen molar-refractivity contribution >= 4 is 23.5 Å². The largest absolute Gasteiger partial charge is 0.489 e. The van der Waals surface area contributed by atoms with Gasteiger partial charge in [0.05, 0.1) is 12.3 Å². The van der Waals surface area contributed by atoms with Crippen molar-refractivity contribution in [1.82, 2.24) is 10.3 Å². The summed E-state index contributed by atoms with van der Waals surface area (Å²) >= 11 is 4.15. The first-order valence-electron chi connectivity index (χ1n) is 7.75. The monoisotopic (exact) mass is 326 g/mol. The van der Waals surface area contributed by atoms with Gasteiger partial charge in [0.2, 0.25) is 0 Å². The van der Waals surface area contributed by atoms with Crippen LogP contribution in [0.4, 0.5) is 0 Å². The third-order valence-electron chi connectivity index (χ3n) is 3.29. The average molecular weight is 327 g/mol. The molecule has 2 rings (SSSR count). The van der Waals surface area contributed by atoms with Crippen LogP contribution >= 0.6 is 23.5 Å². The molecule has 5 heteroatoms. The van der Waals surface area contributed by atoms with Gasteiger partial charge in [-0.1, -0.05) is 6.92 Å². The first-order chi connectivity index (χ1) is 10.2. The van der Waals surface area contributed by atoms with Crippen molar-refractivity contribution in [2.24, 2.45) is 0 Å². The highest BCUT2D eigenvalue weighted by molar-refractivity contribution is 8.06. The fourth-order valence-corrected chi connectivity index (χ4v) is 5.27. The van der Waals surface area contributed by atoms with Crippen LogP contribution in [0.5, 0.6) is 5.75 Å². The molecule has 0 spiro atoms. The smallest absolute Gasteiger partial charge is 0.138 e. The second-order valence-electron chi connectivity index (χ2n) is 5.54. The zero-order chi connectivity index (χ0) is 15.1. The van der Waals surface area contributed by atoms with E-state index in [4.69, 9.17) is 4.74 Å². The summed E-state index contributed by atoms with van der Waals surface area (Å²) in [4.78, 5) is 4.38. The molecule has 0 aliphatic carbocycles. The van der Waals surface area contributed by atoms with Crippen molar-refractivity contribution in [3.63, 3.8) is 0 Å². The number of hydrogen-bond donors (Lipinski definition) is 1. The Hall–Kier alpha value is -0.390. The zero-order valence-electron chi connectivity index (χ0n) is 13.2. The van der Waals surface area contributed by atoms with Crippen LogP contribution in [0.3, 0.4) is 0 Å². The lowest BCUT2D eigenvalue weighted by Gasteiger charge is -2.30. The third-order valence-corrected chi connectivity index (χ3v) is 6.16. The van der Waals surface area contributed by atoms with Crippen molar-refractivity contribution in [2.75, 3.05) is 23.8 Å². The molecule has 0 bridgehead atoms. The minimum atomic E-state index is 0.184. The maximum absolute atomic E-state index is 5.79. The van der Waals surface area contributed by atoms with E-state index in [9.17, 15) is 0 Å². The minimum Gasteiger partial charge on any atom is -0.489 e. The van der Waals surface area contributed by atoms with Crippen molar-refractivity contribution in [3.8, 4) is 5.75 Å². The summed E-state index contributed by atoms with van der Waals surface area (Å²) in [6.45, 7) is 7.35. The molecule has 21 heavy (non-hydrogen) atoms. The Bertz CT molecular complexity index is 422. The summed E-state index contributed by atoms with van der Waals surface area (Å²) in [6, 6.07) is 2.52. The molecule has 1 aromatic heterocycles. The van der Waals surface area contributed by atoms with E-state index in [1.807, 2.05) is 26.2 Å². The number of ether oxygens (including phenoxy) is 1. The van der Waals surface area contributed by atoms with Crippen LogP contribution in [0, 0.1) is 0 Å². The van der Waals surface area contributed by atoms with Crippen molar-refractivity contribution in [3.05, 3.63) is 24.0 Å². The number of rotatable bonds is 7. The Balaban J connectivity index is 2.14. The molecule has 0 radical (unpaired) electrons. The Morgan fingerprint density at radius 2 is 2.24 bits per heavy atom. The normalized spacial score (nSPS) is 20.5. The van der Waals surface area contributed by atoms with Crippen LogP contribution in [-0.2, 0) is 0 Å². The number of hydrogen-bond acceptors (Lipinski definition) is 5. The highest BCUT2D eigenvalue weighted by Gasteiger charge is 2.26. The molecule has 1 aliphatic heterocycles. The quantitative estimate of drug-likeness (QED) is 0.825. The second-order valence-corrected chi connectivity index (χ2v) is 8.03. The molecule has 0 amide bonds. The van der Waals surface area contributed by atoms with Crippen molar-refractivity contribution in [2.45, 2.75) is 44.6 Å². The first kappa shape index (κ1) is 17.0. The van der Waals surface area contributed by atoms with Gasteiger partial charge in [-0.15, -0.1) is 0 Å². The van der Waals surface area contributed by atoms with Gasteiger partial charge in [0.25, 0.3) is 0 Å². The van der Waals surface area contributed by atoms with Gasteiger partial charge >= 0.3 is 0 Å². The van der Waals surface area contributed by atoms with E-state index in [-0.39, 0.29) is 6.10 Å². The molecule has 118 valence electrons. The summed E-state index contributed by atoms with van der Waals surface area (Å²) in [6.07, 6.45) is 5.13. The molecule has 1 aliphatic rings. The fraction of sp³-hybridized carbons (Fsp3) is 0.688. The molecule has 2 heterocycles. The third kappa shape index (κ3) is 5.38. The lowest BCUT2D eigenvalue weighted by atomic mass is 10.1. The first-order valence-corrected chi connectivity index (χ1v) is 9.95. The van der Waals surface area contributed by atoms with Crippen LogP contribution in [0.1, 0.15) is 38.8 Å². The molecule has 0 saturated carbocycles. The van der Waals surface area contributed by atoms with Crippen LogP contribution in [-0.4, -0.2) is 40.1 Å². The van der Waals surface area contributed by atoms with E-state index in [0.29, 0.717) is 11.3 Å². The zero-order valence-corrected chi connectivity index (χ0v) is 14.8. The van der Waals surface area contributed by atoms with E-state index in [1.54, 1.807) is 0 Å². The van der Waals surface area contributed by atoms with Crippen molar-refractivity contribution < 1.29 is 4.74 Å². The average Bonchev–Trinajstić information content (AvgIpc) is 2.48. The Morgan fingerprint density at radius 1 is 1.38 bits per heavy atom.